The van der Waals surface area contributed by atoms with Crippen molar-refractivity contribution in [3.05, 3.63) is 72.1 Å². The summed E-state index contributed by atoms with van der Waals surface area (Å²) in [5, 5.41) is 12.8. The molecule has 0 aliphatic heterocycles. The molecule has 1 aromatic heterocycles. The molecule has 0 spiro atoms. The lowest BCUT2D eigenvalue weighted by Gasteiger charge is -2.10. The van der Waals surface area contributed by atoms with E-state index in [-0.39, 0.29) is 5.91 Å². The summed E-state index contributed by atoms with van der Waals surface area (Å²) >= 11 is 1.66. The zero-order valence-electron chi connectivity index (χ0n) is 15.8. The van der Waals surface area contributed by atoms with E-state index in [9.17, 15) is 4.79 Å². The van der Waals surface area contributed by atoms with Crippen molar-refractivity contribution < 1.29 is 4.79 Å². The highest BCUT2D eigenvalue weighted by Gasteiger charge is 2.22. The van der Waals surface area contributed by atoms with E-state index >= 15 is 0 Å². The Morgan fingerprint density at radius 2 is 1.75 bits per heavy atom. The predicted molar refractivity (Wildman–Crippen MR) is 112 cm³/mol. The SMILES string of the molecule is O=C(CCCSc1nnc(Cc2ccccc2)n1-c1ccccc1)NC1CC1. The van der Waals surface area contributed by atoms with Crippen LogP contribution in [0.2, 0.25) is 0 Å². The highest BCUT2D eigenvalue weighted by Crippen LogP contribution is 2.24. The van der Waals surface area contributed by atoms with Crippen LogP contribution >= 0.6 is 11.8 Å². The first kappa shape index (κ1) is 18.7. The minimum absolute atomic E-state index is 0.164. The number of carbonyl (C=O) groups is 1. The fraction of sp³-hybridized carbons (Fsp3) is 0.318. The molecular weight excluding hydrogens is 368 g/mol. The maximum absolute atomic E-state index is 11.8. The number of rotatable bonds is 9. The average molecular weight is 393 g/mol. The van der Waals surface area contributed by atoms with Gasteiger partial charge in [-0.2, -0.15) is 0 Å². The molecule has 4 rings (SSSR count). The van der Waals surface area contributed by atoms with Crippen LogP contribution in [0.15, 0.2) is 65.8 Å². The lowest BCUT2D eigenvalue weighted by atomic mass is 10.1. The van der Waals surface area contributed by atoms with Crippen molar-refractivity contribution in [3.8, 4) is 5.69 Å². The van der Waals surface area contributed by atoms with Crippen LogP contribution < -0.4 is 5.32 Å². The van der Waals surface area contributed by atoms with Crippen LogP contribution in [0, 0.1) is 0 Å². The number of thioether (sulfide) groups is 1. The molecular formula is C22H24N4OS. The third-order valence-electron chi connectivity index (χ3n) is 4.64. The summed E-state index contributed by atoms with van der Waals surface area (Å²) in [6.07, 6.45) is 4.39. The van der Waals surface area contributed by atoms with Crippen LogP contribution in [0.25, 0.3) is 5.69 Å². The van der Waals surface area contributed by atoms with Gasteiger partial charge in [-0.1, -0.05) is 60.3 Å². The number of benzene rings is 2. The Kier molecular flexibility index (Phi) is 6.07. The van der Waals surface area contributed by atoms with Gasteiger partial charge in [0.25, 0.3) is 0 Å². The number of hydrogen-bond donors (Lipinski definition) is 1. The number of amides is 1. The molecule has 1 saturated carbocycles. The van der Waals surface area contributed by atoms with Gasteiger partial charge in [-0.25, -0.2) is 0 Å². The van der Waals surface area contributed by atoms with E-state index in [0.717, 1.165) is 48.1 Å². The summed E-state index contributed by atoms with van der Waals surface area (Å²) in [4.78, 5) is 11.8. The first-order valence-electron chi connectivity index (χ1n) is 9.75. The standard InChI is InChI=1S/C22H24N4OS/c27-21(23-18-13-14-18)12-7-15-28-22-25-24-20(16-17-8-3-1-4-9-17)26(22)19-10-5-2-6-11-19/h1-6,8-11,18H,7,12-16H2,(H,23,27). The molecule has 3 aromatic rings. The average Bonchev–Trinajstić information content (AvgIpc) is 3.45. The maximum Gasteiger partial charge on any atom is 0.220 e. The van der Waals surface area contributed by atoms with Gasteiger partial charge >= 0.3 is 0 Å². The van der Waals surface area contributed by atoms with Gasteiger partial charge in [0.15, 0.2) is 5.16 Å². The van der Waals surface area contributed by atoms with Gasteiger partial charge in [0.05, 0.1) is 0 Å². The number of nitrogens with one attached hydrogen (secondary N) is 1. The number of aromatic nitrogens is 3. The highest BCUT2D eigenvalue weighted by atomic mass is 32.2. The van der Waals surface area contributed by atoms with Gasteiger partial charge in [-0.05, 0) is 37.0 Å². The summed E-state index contributed by atoms with van der Waals surface area (Å²) in [7, 11) is 0. The molecule has 2 aromatic carbocycles. The second kappa shape index (κ2) is 9.06. The smallest absolute Gasteiger partial charge is 0.220 e. The lowest BCUT2D eigenvalue weighted by molar-refractivity contribution is -0.121. The Morgan fingerprint density at radius 3 is 2.46 bits per heavy atom. The summed E-state index contributed by atoms with van der Waals surface area (Å²) < 4.78 is 2.13. The van der Waals surface area contributed by atoms with Gasteiger partial charge in [0.1, 0.15) is 5.82 Å². The van der Waals surface area contributed by atoms with E-state index < -0.39 is 0 Å². The molecule has 1 aliphatic carbocycles. The van der Waals surface area contributed by atoms with Gasteiger partial charge in [0.2, 0.25) is 5.91 Å². The Morgan fingerprint density at radius 1 is 1.04 bits per heavy atom. The molecule has 144 valence electrons. The summed E-state index contributed by atoms with van der Waals surface area (Å²) in [6, 6.07) is 21.0. The van der Waals surface area contributed by atoms with Crippen LogP contribution in [-0.4, -0.2) is 32.5 Å². The van der Waals surface area contributed by atoms with Crippen molar-refractivity contribution in [3.63, 3.8) is 0 Å². The van der Waals surface area contributed by atoms with Crippen molar-refractivity contribution in [1.82, 2.24) is 20.1 Å². The van der Waals surface area contributed by atoms with E-state index in [4.69, 9.17) is 0 Å². The molecule has 0 bridgehead atoms. The number of hydrogen-bond acceptors (Lipinski definition) is 4. The van der Waals surface area contributed by atoms with E-state index in [1.807, 2.05) is 36.4 Å². The van der Waals surface area contributed by atoms with Crippen molar-refractivity contribution in [2.24, 2.45) is 0 Å². The summed E-state index contributed by atoms with van der Waals surface area (Å²) in [5.41, 5.74) is 2.27. The van der Waals surface area contributed by atoms with Gasteiger partial charge < -0.3 is 5.32 Å². The number of para-hydroxylation sites is 1. The van der Waals surface area contributed by atoms with E-state index in [1.54, 1.807) is 11.8 Å². The highest BCUT2D eigenvalue weighted by molar-refractivity contribution is 7.99. The van der Waals surface area contributed by atoms with Crippen molar-refractivity contribution in [1.29, 1.82) is 0 Å². The molecule has 0 atom stereocenters. The lowest BCUT2D eigenvalue weighted by Crippen LogP contribution is -2.25. The number of carbonyl (C=O) groups excluding carboxylic acids is 1. The molecule has 0 radical (unpaired) electrons. The molecule has 0 saturated heterocycles. The summed E-state index contributed by atoms with van der Waals surface area (Å²) in [6.45, 7) is 0. The minimum Gasteiger partial charge on any atom is -0.353 e. The number of nitrogens with zero attached hydrogens (tertiary/aromatic N) is 3. The zero-order chi connectivity index (χ0) is 19.2. The first-order chi connectivity index (χ1) is 13.8. The third kappa shape index (κ3) is 5.01. The molecule has 5 nitrogen and oxygen atoms in total. The molecule has 1 aliphatic rings. The second-order valence-corrected chi connectivity index (χ2v) is 8.09. The Balaban J connectivity index is 1.44. The zero-order valence-corrected chi connectivity index (χ0v) is 16.6. The van der Waals surface area contributed by atoms with Crippen LogP contribution in [0.3, 0.4) is 0 Å². The monoisotopic (exact) mass is 392 g/mol. The van der Waals surface area contributed by atoms with Gasteiger partial charge in [0, 0.05) is 30.3 Å². The van der Waals surface area contributed by atoms with E-state index in [0.29, 0.717) is 12.5 Å². The van der Waals surface area contributed by atoms with Crippen LogP contribution in [0.4, 0.5) is 0 Å². The van der Waals surface area contributed by atoms with E-state index in [2.05, 4.69) is 44.3 Å². The minimum atomic E-state index is 0.164. The van der Waals surface area contributed by atoms with Crippen LogP contribution in [0.5, 0.6) is 0 Å². The Bertz CT molecular complexity index is 907. The fourth-order valence-corrected chi connectivity index (χ4v) is 3.96. The molecule has 1 amide bonds. The third-order valence-corrected chi connectivity index (χ3v) is 5.66. The fourth-order valence-electron chi connectivity index (χ4n) is 3.05. The molecule has 28 heavy (non-hydrogen) atoms. The Hall–Kier alpha value is -2.60. The van der Waals surface area contributed by atoms with Gasteiger partial charge in [-0.15, -0.1) is 10.2 Å². The normalized spacial score (nSPS) is 13.4. The molecule has 0 unspecified atom stereocenters. The molecule has 6 heteroatoms. The molecule has 1 heterocycles. The van der Waals surface area contributed by atoms with Crippen LogP contribution in [0.1, 0.15) is 37.1 Å². The van der Waals surface area contributed by atoms with Crippen molar-refractivity contribution in [2.75, 3.05) is 5.75 Å². The van der Waals surface area contributed by atoms with Crippen molar-refractivity contribution in [2.45, 2.75) is 43.3 Å². The van der Waals surface area contributed by atoms with Crippen LogP contribution in [-0.2, 0) is 11.2 Å². The first-order valence-corrected chi connectivity index (χ1v) is 10.7. The topological polar surface area (TPSA) is 59.8 Å². The molecule has 1 N–H and O–H groups in total. The quantitative estimate of drug-likeness (QED) is 0.442. The largest absolute Gasteiger partial charge is 0.353 e. The van der Waals surface area contributed by atoms with E-state index in [1.165, 1.54) is 5.56 Å². The Labute approximate surface area is 169 Å². The maximum atomic E-state index is 11.8. The second-order valence-electron chi connectivity index (χ2n) is 7.03. The van der Waals surface area contributed by atoms with Crippen molar-refractivity contribution >= 4 is 17.7 Å². The summed E-state index contributed by atoms with van der Waals surface area (Å²) in [5.74, 6) is 1.93. The predicted octanol–water partition coefficient (Wildman–Crippen LogP) is 4.01. The molecule has 1 fully saturated rings. The van der Waals surface area contributed by atoms with Gasteiger partial charge in [-0.3, -0.25) is 9.36 Å².